The van der Waals surface area contributed by atoms with Crippen molar-refractivity contribution in [3.63, 3.8) is 0 Å². The maximum absolute atomic E-state index is 12.2. The summed E-state index contributed by atoms with van der Waals surface area (Å²) in [6, 6.07) is 5.77. The molecule has 5 heteroatoms. The molecule has 0 aliphatic carbocycles. The quantitative estimate of drug-likeness (QED) is 0.882. The molecule has 0 radical (unpaired) electrons. The van der Waals surface area contributed by atoms with Gasteiger partial charge in [-0.05, 0) is 45.4 Å². The highest BCUT2D eigenvalue weighted by Gasteiger charge is 2.25. The lowest BCUT2D eigenvalue weighted by atomic mass is 10.0. The molecule has 1 aromatic heterocycles. The lowest BCUT2D eigenvalue weighted by Gasteiger charge is -2.35. The zero-order valence-electron chi connectivity index (χ0n) is 12.0. The Labute approximate surface area is 117 Å². The van der Waals surface area contributed by atoms with E-state index in [1.54, 1.807) is 12.1 Å². The Morgan fingerprint density at radius 2 is 2.20 bits per heavy atom. The number of phenolic OH excluding ortho intramolecular Hbond substituents is 1. The molecule has 20 heavy (non-hydrogen) atoms. The first-order valence-corrected chi connectivity index (χ1v) is 7.23. The fourth-order valence-corrected chi connectivity index (χ4v) is 3.14. The van der Waals surface area contributed by atoms with Crippen LogP contribution in [0.3, 0.4) is 0 Å². The Bertz CT molecular complexity index is 671. The van der Waals surface area contributed by atoms with Crippen molar-refractivity contribution in [3.8, 4) is 5.75 Å². The molecule has 1 aliphatic heterocycles. The normalized spacial score (nSPS) is 20.9. The second kappa shape index (κ2) is 4.98. The number of aromatic amines is 1. The van der Waals surface area contributed by atoms with Crippen LogP contribution in [0.15, 0.2) is 23.0 Å². The lowest BCUT2D eigenvalue weighted by molar-refractivity contribution is 0.143. The fraction of sp³-hybridized carbons (Fsp3) is 0.533. The van der Waals surface area contributed by atoms with Crippen molar-refractivity contribution in [1.29, 1.82) is 0 Å². The van der Waals surface area contributed by atoms with Crippen LogP contribution in [0.4, 0.5) is 0 Å². The van der Waals surface area contributed by atoms with Crippen molar-refractivity contribution in [2.24, 2.45) is 0 Å². The molecule has 0 bridgehead atoms. The van der Waals surface area contributed by atoms with Crippen molar-refractivity contribution < 1.29 is 5.11 Å². The molecule has 0 amide bonds. The first-order valence-electron chi connectivity index (χ1n) is 7.23. The Morgan fingerprint density at radius 3 is 2.95 bits per heavy atom. The van der Waals surface area contributed by atoms with Crippen LogP contribution < -0.4 is 5.69 Å². The van der Waals surface area contributed by atoms with Gasteiger partial charge in [0.15, 0.2) is 0 Å². The average molecular weight is 275 g/mol. The molecule has 2 heterocycles. The minimum absolute atomic E-state index is 0.0822. The van der Waals surface area contributed by atoms with Crippen LogP contribution >= 0.6 is 0 Å². The number of piperidine rings is 1. The van der Waals surface area contributed by atoms with Gasteiger partial charge in [-0.3, -0.25) is 9.47 Å². The van der Waals surface area contributed by atoms with E-state index in [-0.39, 0.29) is 17.5 Å². The van der Waals surface area contributed by atoms with Gasteiger partial charge >= 0.3 is 5.69 Å². The van der Waals surface area contributed by atoms with E-state index in [0.29, 0.717) is 11.6 Å². The molecule has 1 aromatic carbocycles. The SMILES string of the molecule is CC(C)N1CCCC(n2c(=O)[nH]c3cc(O)ccc32)C1. The van der Waals surface area contributed by atoms with Gasteiger partial charge in [0, 0.05) is 18.7 Å². The van der Waals surface area contributed by atoms with Crippen LogP contribution in [0.1, 0.15) is 32.7 Å². The number of likely N-dealkylation sites (tertiary alicyclic amines) is 1. The molecular weight excluding hydrogens is 254 g/mol. The van der Waals surface area contributed by atoms with Crippen molar-refractivity contribution >= 4 is 11.0 Å². The molecule has 2 N–H and O–H groups in total. The number of hydrogen-bond donors (Lipinski definition) is 2. The van der Waals surface area contributed by atoms with Crippen LogP contribution in [0.25, 0.3) is 11.0 Å². The van der Waals surface area contributed by atoms with E-state index in [0.717, 1.165) is 31.4 Å². The van der Waals surface area contributed by atoms with Crippen LogP contribution in [-0.4, -0.2) is 38.7 Å². The van der Waals surface area contributed by atoms with Gasteiger partial charge in [-0.2, -0.15) is 0 Å². The minimum atomic E-state index is -0.0822. The summed E-state index contributed by atoms with van der Waals surface area (Å²) in [6.45, 7) is 6.40. The summed E-state index contributed by atoms with van der Waals surface area (Å²) in [6.07, 6.45) is 2.14. The molecule has 108 valence electrons. The Balaban J connectivity index is 2.01. The number of rotatable bonds is 2. The third-order valence-electron chi connectivity index (χ3n) is 4.22. The third-order valence-corrected chi connectivity index (χ3v) is 4.22. The number of fused-ring (bicyclic) bond motifs is 1. The smallest absolute Gasteiger partial charge is 0.326 e. The zero-order chi connectivity index (χ0) is 14.3. The second-order valence-corrected chi connectivity index (χ2v) is 5.89. The van der Waals surface area contributed by atoms with E-state index in [2.05, 4.69) is 23.7 Å². The number of H-pyrrole nitrogens is 1. The van der Waals surface area contributed by atoms with E-state index in [9.17, 15) is 9.90 Å². The average Bonchev–Trinajstić information content (AvgIpc) is 2.73. The molecule has 1 atom stereocenters. The first-order chi connectivity index (χ1) is 9.56. The van der Waals surface area contributed by atoms with E-state index < -0.39 is 0 Å². The van der Waals surface area contributed by atoms with Gasteiger partial charge in [0.1, 0.15) is 5.75 Å². The highest BCUT2D eigenvalue weighted by atomic mass is 16.3. The molecule has 3 rings (SSSR count). The Hall–Kier alpha value is -1.75. The lowest BCUT2D eigenvalue weighted by Crippen LogP contribution is -2.42. The predicted octanol–water partition coefficient (Wildman–Crippen LogP) is 2.08. The molecule has 0 spiro atoms. The summed E-state index contributed by atoms with van der Waals surface area (Å²) in [5, 5.41) is 9.52. The number of nitrogens with one attached hydrogen (secondary N) is 1. The highest BCUT2D eigenvalue weighted by molar-refractivity contribution is 5.77. The van der Waals surface area contributed by atoms with Gasteiger partial charge in [0.2, 0.25) is 0 Å². The number of imidazole rings is 1. The number of aromatic nitrogens is 2. The van der Waals surface area contributed by atoms with E-state index >= 15 is 0 Å². The molecule has 1 saturated heterocycles. The summed E-state index contributed by atoms with van der Waals surface area (Å²) in [4.78, 5) is 17.5. The van der Waals surface area contributed by atoms with Gasteiger partial charge < -0.3 is 10.1 Å². The molecule has 5 nitrogen and oxygen atoms in total. The van der Waals surface area contributed by atoms with Crippen molar-refractivity contribution in [2.45, 2.75) is 38.8 Å². The standard InChI is InChI=1S/C15H21N3O2/c1-10(2)17-7-3-4-11(9-17)18-14-6-5-12(19)8-13(14)16-15(18)20/h5-6,8,10-11,19H,3-4,7,9H2,1-2H3,(H,16,20). The zero-order valence-corrected chi connectivity index (χ0v) is 12.0. The molecule has 1 fully saturated rings. The third kappa shape index (κ3) is 2.22. The van der Waals surface area contributed by atoms with Crippen LogP contribution in [-0.2, 0) is 0 Å². The second-order valence-electron chi connectivity index (χ2n) is 5.89. The maximum atomic E-state index is 12.2. The topological polar surface area (TPSA) is 61.3 Å². The molecule has 1 aliphatic rings. The summed E-state index contributed by atoms with van der Waals surface area (Å²) in [5.41, 5.74) is 1.50. The van der Waals surface area contributed by atoms with Gasteiger partial charge in [-0.1, -0.05) is 0 Å². The highest BCUT2D eigenvalue weighted by Crippen LogP contribution is 2.26. The fourth-order valence-electron chi connectivity index (χ4n) is 3.14. The van der Waals surface area contributed by atoms with Crippen molar-refractivity contribution in [2.75, 3.05) is 13.1 Å². The predicted molar refractivity (Wildman–Crippen MR) is 79.2 cm³/mol. The van der Waals surface area contributed by atoms with Crippen LogP contribution in [0.2, 0.25) is 0 Å². The molecule has 1 unspecified atom stereocenters. The summed E-state index contributed by atoms with van der Waals surface area (Å²) in [7, 11) is 0. The number of aromatic hydroxyl groups is 1. The van der Waals surface area contributed by atoms with Crippen molar-refractivity contribution in [3.05, 3.63) is 28.7 Å². The van der Waals surface area contributed by atoms with Gasteiger partial charge in [-0.15, -0.1) is 0 Å². The number of phenols is 1. The minimum Gasteiger partial charge on any atom is -0.508 e. The molecule has 2 aromatic rings. The monoisotopic (exact) mass is 275 g/mol. The largest absolute Gasteiger partial charge is 0.508 e. The van der Waals surface area contributed by atoms with Crippen LogP contribution in [0.5, 0.6) is 5.75 Å². The molecular formula is C15H21N3O2. The van der Waals surface area contributed by atoms with Gasteiger partial charge in [-0.25, -0.2) is 4.79 Å². The number of nitrogens with zero attached hydrogens (tertiary/aromatic N) is 2. The number of hydrogen-bond acceptors (Lipinski definition) is 3. The number of benzene rings is 1. The van der Waals surface area contributed by atoms with Gasteiger partial charge in [0.05, 0.1) is 17.1 Å². The maximum Gasteiger partial charge on any atom is 0.326 e. The van der Waals surface area contributed by atoms with E-state index in [1.807, 2.05) is 10.6 Å². The Kier molecular flexibility index (Phi) is 3.30. The van der Waals surface area contributed by atoms with Crippen LogP contribution in [0, 0.1) is 0 Å². The van der Waals surface area contributed by atoms with Gasteiger partial charge in [0.25, 0.3) is 0 Å². The molecule has 0 saturated carbocycles. The summed E-state index contributed by atoms with van der Waals surface area (Å²) < 4.78 is 1.85. The van der Waals surface area contributed by atoms with E-state index in [1.165, 1.54) is 0 Å². The van der Waals surface area contributed by atoms with E-state index in [4.69, 9.17) is 0 Å². The summed E-state index contributed by atoms with van der Waals surface area (Å²) >= 11 is 0. The van der Waals surface area contributed by atoms with Crippen molar-refractivity contribution in [1.82, 2.24) is 14.5 Å². The summed E-state index contributed by atoms with van der Waals surface area (Å²) in [5.74, 6) is 0.179. The Morgan fingerprint density at radius 1 is 1.40 bits per heavy atom. The first kappa shape index (κ1) is 13.2.